The Kier molecular flexibility index (Phi) is 11.1. The van der Waals surface area contributed by atoms with E-state index in [1.54, 1.807) is 32.9 Å². The van der Waals surface area contributed by atoms with Crippen molar-refractivity contribution in [1.29, 1.82) is 0 Å². The molecule has 51 heavy (non-hydrogen) atoms. The maximum absolute atomic E-state index is 14.2. The number of likely N-dealkylation sites (N-methyl/N-ethyl adjacent to an activating group) is 1. The zero-order valence-electron chi connectivity index (χ0n) is 30.1. The summed E-state index contributed by atoms with van der Waals surface area (Å²) in [5, 5.41) is 8.70. The van der Waals surface area contributed by atoms with Gasteiger partial charge in [0.15, 0.2) is 0 Å². The van der Waals surface area contributed by atoms with E-state index in [-0.39, 0.29) is 24.1 Å². The second-order valence-corrected chi connectivity index (χ2v) is 18.6. The highest BCUT2D eigenvalue weighted by atomic mass is 28.4. The molecule has 3 aromatic carbocycles. The highest BCUT2D eigenvalue weighted by molar-refractivity contribution is 6.99. The summed E-state index contributed by atoms with van der Waals surface area (Å²) in [6.45, 7) is 11.6. The summed E-state index contributed by atoms with van der Waals surface area (Å²) in [5.74, 6) is -0.323. The third-order valence-corrected chi connectivity index (χ3v) is 13.4. The Morgan fingerprint density at radius 2 is 1.39 bits per heavy atom. The summed E-state index contributed by atoms with van der Waals surface area (Å²) < 4.78 is 19.3. The number of benzene rings is 3. The summed E-state index contributed by atoms with van der Waals surface area (Å²) in [4.78, 5) is 46.3. The molecule has 1 atom stereocenters. The van der Waals surface area contributed by atoms with Crippen LogP contribution in [0.3, 0.4) is 0 Å². The van der Waals surface area contributed by atoms with Gasteiger partial charge >= 0.3 is 12.2 Å². The fourth-order valence-corrected chi connectivity index (χ4v) is 10.5. The first-order valence-electron chi connectivity index (χ1n) is 16.8. The molecular formula is C39H45N5O6Si. The molecule has 1 N–H and O–H groups in total. The fraction of sp³-hybridized carbons (Fsp3) is 0.308. The van der Waals surface area contributed by atoms with E-state index in [0.29, 0.717) is 11.0 Å². The van der Waals surface area contributed by atoms with Crippen LogP contribution < -0.4 is 15.7 Å². The summed E-state index contributed by atoms with van der Waals surface area (Å²) in [6.07, 6.45) is 0.0883. The Labute approximate surface area is 299 Å². The van der Waals surface area contributed by atoms with Gasteiger partial charge in [0.05, 0.1) is 18.3 Å². The van der Waals surface area contributed by atoms with Crippen LogP contribution in [-0.4, -0.2) is 71.4 Å². The molecule has 0 radical (unpaired) electrons. The van der Waals surface area contributed by atoms with Crippen LogP contribution >= 0.6 is 0 Å². The summed E-state index contributed by atoms with van der Waals surface area (Å²) in [7, 11) is -1.57. The lowest BCUT2D eigenvalue weighted by Gasteiger charge is -2.44. The zero-order valence-corrected chi connectivity index (χ0v) is 31.1. The van der Waals surface area contributed by atoms with Gasteiger partial charge < -0.3 is 19.2 Å². The average molecular weight is 708 g/mol. The van der Waals surface area contributed by atoms with E-state index >= 15 is 0 Å². The molecule has 5 aromatic rings. The third-order valence-electron chi connectivity index (χ3n) is 8.38. The molecule has 5 rings (SSSR count). The molecular weight excluding hydrogens is 663 g/mol. The molecule has 0 saturated heterocycles. The van der Waals surface area contributed by atoms with E-state index in [4.69, 9.17) is 13.9 Å². The average Bonchev–Trinajstić information content (AvgIpc) is 3.52. The number of carbonyl (C=O) groups is 3. The van der Waals surface area contributed by atoms with E-state index in [2.05, 4.69) is 60.4 Å². The predicted molar refractivity (Wildman–Crippen MR) is 200 cm³/mol. The maximum Gasteiger partial charge on any atom is 0.435 e. The van der Waals surface area contributed by atoms with Gasteiger partial charge in [0.1, 0.15) is 29.6 Å². The van der Waals surface area contributed by atoms with Crippen LogP contribution in [0.15, 0.2) is 109 Å². The van der Waals surface area contributed by atoms with E-state index in [9.17, 15) is 14.4 Å². The molecule has 0 aliphatic heterocycles. The predicted octanol–water partition coefficient (Wildman–Crippen LogP) is 6.37. The minimum Gasteiger partial charge on any atom is -0.445 e. The van der Waals surface area contributed by atoms with Gasteiger partial charge in [0.2, 0.25) is 0 Å². The Bertz CT molecular complexity index is 1920. The molecule has 2 aromatic heterocycles. The van der Waals surface area contributed by atoms with Gasteiger partial charge in [0, 0.05) is 7.05 Å². The number of nitrogens with zero attached hydrogens (tertiary/aromatic N) is 4. The van der Waals surface area contributed by atoms with Crippen molar-refractivity contribution in [1.82, 2.24) is 19.7 Å². The van der Waals surface area contributed by atoms with Gasteiger partial charge in [-0.3, -0.25) is 9.69 Å². The van der Waals surface area contributed by atoms with Crippen molar-refractivity contribution < 1.29 is 28.3 Å². The lowest BCUT2D eigenvalue weighted by atomic mass is 10.2. The lowest BCUT2D eigenvalue weighted by Crippen LogP contribution is -2.67. The lowest BCUT2D eigenvalue weighted by molar-refractivity contribution is -0.121. The number of hydrogen-bond donors (Lipinski definition) is 1. The monoisotopic (exact) mass is 707 g/mol. The number of amides is 2. The van der Waals surface area contributed by atoms with E-state index in [1.807, 2.05) is 66.7 Å². The van der Waals surface area contributed by atoms with Crippen LogP contribution in [-0.2, 0) is 25.3 Å². The summed E-state index contributed by atoms with van der Waals surface area (Å²) >= 11 is 0. The molecule has 11 nitrogen and oxygen atoms in total. The Balaban J connectivity index is 1.47. The number of pyridine rings is 1. The van der Waals surface area contributed by atoms with Crippen LogP contribution in [0.5, 0.6) is 0 Å². The minimum atomic E-state index is -3.09. The normalized spacial score (nSPS) is 12.6. The van der Waals surface area contributed by atoms with Crippen LogP contribution in [0.1, 0.15) is 47.1 Å². The molecule has 0 saturated carbocycles. The molecule has 0 aliphatic carbocycles. The van der Waals surface area contributed by atoms with Gasteiger partial charge in [-0.1, -0.05) is 112 Å². The van der Waals surface area contributed by atoms with Gasteiger partial charge in [-0.2, -0.15) is 9.78 Å². The highest BCUT2D eigenvalue weighted by Gasteiger charge is 2.51. The molecule has 0 aliphatic rings. The summed E-state index contributed by atoms with van der Waals surface area (Å²) in [5.41, 5.74) is 0.884. The number of aromatic nitrogens is 3. The highest BCUT2D eigenvalue weighted by Crippen LogP contribution is 2.37. The Hall–Kier alpha value is -5.33. The number of nitrogens with one attached hydrogen (secondary N) is 1. The van der Waals surface area contributed by atoms with Crippen molar-refractivity contribution >= 4 is 53.6 Å². The maximum atomic E-state index is 14.2. The number of carbonyl (C=O) groups excluding carboxylic acids is 3. The number of hydrogen-bond acceptors (Lipinski definition) is 8. The Morgan fingerprint density at radius 3 is 1.94 bits per heavy atom. The molecule has 2 heterocycles. The van der Waals surface area contributed by atoms with E-state index < -0.39 is 38.1 Å². The van der Waals surface area contributed by atoms with E-state index in [0.717, 1.165) is 20.6 Å². The second kappa shape index (κ2) is 15.3. The topological polar surface area (TPSA) is 125 Å². The first-order valence-corrected chi connectivity index (χ1v) is 18.7. The van der Waals surface area contributed by atoms with Crippen molar-refractivity contribution in [2.24, 2.45) is 0 Å². The number of fused-ring (bicyclic) bond motifs is 1. The molecule has 0 spiro atoms. The Morgan fingerprint density at radius 1 is 0.824 bits per heavy atom. The van der Waals surface area contributed by atoms with Crippen molar-refractivity contribution in [3.8, 4) is 0 Å². The minimum absolute atomic E-state index is 0.0355. The SMILES string of the molecule is CN(C(=O)OCc1ccccc1)[C@H](CO[Si](c1ccccc1)(c1ccccc1)C(C)(C)C)C(=O)Nc1ccc2c(cnn2C(=O)OC(C)(C)C)n1. The first kappa shape index (κ1) is 36.9. The first-order chi connectivity index (χ1) is 24.2. The van der Waals surface area contributed by atoms with Crippen LogP contribution in [0, 0.1) is 0 Å². The number of ether oxygens (including phenoxy) is 2. The van der Waals surface area contributed by atoms with Crippen molar-refractivity contribution in [3.63, 3.8) is 0 Å². The van der Waals surface area contributed by atoms with Gasteiger partial charge in [-0.05, 0) is 53.9 Å². The molecule has 0 unspecified atom stereocenters. The smallest absolute Gasteiger partial charge is 0.435 e. The van der Waals surface area contributed by atoms with Crippen molar-refractivity contribution in [2.75, 3.05) is 19.0 Å². The fourth-order valence-electron chi connectivity index (χ4n) is 5.92. The van der Waals surface area contributed by atoms with Crippen LogP contribution in [0.2, 0.25) is 5.04 Å². The molecule has 266 valence electrons. The van der Waals surface area contributed by atoms with Gasteiger partial charge in [-0.25, -0.2) is 14.6 Å². The van der Waals surface area contributed by atoms with Crippen molar-refractivity contribution in [2.45, 2.75) is 64.8 Å². The second-order valence-electron chi connectivity index (χ2n) is 14.3. The quantitative estimate of drug-likeness (QED) is 0.166. The van der Waals surface area contributed by atoms with Crippen molar-refractivity contribution in [3.05, 3.63) is 115 Å². The van der Waals surface area contributed by atoms with Crippen LogP contribution in [0.25, 0.3) is 11.0 Å². The molecule has 2 amide bonds. The molecule has 0 bridgehead atoms. The van der Waals surface area contributed by atoms with Gasteiger partial charge in [-0.15, -0.1) is 0 Å². The van der Waals surface area contributed by atoms with Crippen LogP contribution in [0.4, 0.5) is 15.4 Å². The zero-order chi connectivity index (χ0) is 36.8. The summed E-state index contributed by atoms with van der Waals surface area (Å²) in [6, 6.07) is 31.5. The van der Waals surface area contributed by atoms with E-state index in [1.165, 1.54) is 18.1 Å². The molecule has 0 fully saturated rings. The molecule has 12 heteroatoms. The number of anilines is 1. The third kappa shape index (κ3) is 8.52. The largest absolute Gasteiger partial charge is 0.445 e. The van der Waals surface area contributed by atoms with Gasteiger partial charge in [0.25, 0.3) is 14.2 Å². The standard InChI is InChI=1S/C39H45N5O6Si/c1-38(2,3)50-37(47)44-32-23-24-34(41-31(32)25-40-44)42-35(45)33(43(7)36(46)48-26-28-17-11-8-12-18-28)27-49-51(39(4,5)6,29-19-13-9-14-20-29)30-21-15-10-16-22-30/h8-25,33H,26-27H2,1-7H3,(H,41,42,45)/t33-/m1/s1. The number of rotatable bonds is 10.